The lowest BCUT2D eigenvalue weighted by atomic mass is 9.77. The average Bonchev–Trinajstić information content (AvgIpc) is 2.54. The number of nitrogens with one attached hydrogen (secondary N) is 1. The predicted molar refractivity (Wildman–Crippen MR) is 83.6 cm³/mol. The minimum Gasteiger partial charge on any atom is -0.508 e. The van der Waals surface area contributed by atoms with Crippen molar-refractivity contribution in [3.05, 3.63) is 29.3 Å². The molecule has 1 amide bonds. The van der Waals surface area contributed by atoms with Gasteiger partial charge in [-0.15, -0.1) is 0 Å². The number of ether oxygens (including phenoxy) is 1. The van der Waals surface area contributed by atoms with E-state index in [-0.39, 0.29) is 11.7 Å². The zero-order valence-corrected chi connectivity index (χ0v) is 13.1. The summed E-state index contributed by atoms with van der Waals surface area (Å²) < 4.78 is 5.37. The van der Waals surface area contributed by atoms with Crippen LogP contribution in [0.25, 0.3) is 0 Å². The summed E-state index contributed by atoms with van der Waals surface area (Å²) in [7, 11) is 1.67. The highest BCUT2D eigenvalue weighted by Crippen LogP contribution is 2.34. The third-order valence-corrected chi connectivity index (χ3v) is 4.92. The van der Waals surface area contributed by atoms with Crippen LogP contribution in [0.5, 0.6) is 5.75 Å². The molecule has 0 bridgehead atoms. The van der Waals surface area contributed by atoms with Gasteiger partial charge in [-0.1, -0.05) is 6.07 Å². The largest absolute Gasteiger partial charge is 0.508 e. The van der Waals surface area contributed by atoms with E-state index in [2.05, 4.69) is 5.32 Å². The van der Waals surface area contributed by atoms with Crippen molar-refractivity contribution in [2.75, 3.05) is 33.4 Å². The fourth-order valence-corrected chi connectivity index (χ4v) is 3.65. The van der Waals surface area contributed by atoms with Crippen LogP contribution in [0.2, 0.25) is 0 Å². The van der Waals surface area contributed by atoms with Crippen molar-refractivity contribution in [2.24, 2.45) is 5.41 Å². The van der Waals surface area contributed by atoms with Crippen LogP contribution in [0.4, 0.5) is 0 Å². The normalized spacial score (nSPS) is 20.5. The summed E-state index contributed by atoms with van der Waals surface area (Å²) in [5, 5.41) is 13.0. The first-order chi connectivity index (χ1) is 10.6. The first-order valence-corrected chi connectivity index (χ1v) is 7.94. The summed E-state index contributed by atoms with van der Waals surface area (Å²) >= 11 is 0. The maximum atomic E-state index is 13.1. The van der Waals surface area contributed by atoms with Crippen molar-refractivity contribution in [3.63, 3.8) is 0 Å². The first-order valence-electron chi connectivity index (χ1n) is 7.94. The Kier molecular flexibility index (Phi) is 4.36. The number of fused-ring (bicyclic) bond motifs is 1. The number of carbonyl (C=O) groups excluding carboxylic acids is 1. The van der Waals surface area contributed by atoms with Crippen LogP contribution < -0.4 is 5.32 Å². The summed E-state index contributed by atoms with van der Waals surface area (Å²) in [6.07, 6.45) is 2.49. The van der Waals surface area contributed by atoms with Gasteiger partial charge in [-0.3, -0.25) is 4.79 Å². The van der Waals surface area contributed by atoms with E-state index in [0.29, 0.717) is 13.2 Å². The zero-order valence-electron chi connectivity index (χ0n) is 13.1. The molecule has 0 aliphatic carbocycles. The molecule has 0 atom stereocenters. The van der Waals surface area contributed by atoms with E-state index < -0.39 is 5.41 Å². The molecule has 3 rings (SSSR count). The smallest absolute Gasteiger partial charge is 0.231 e. The number of benzene rings is 1. The molecule has 5 heteroatoms. The Labute approximate surface area is 131 Å². The van der Waals surface area contributed by atoms with Crippen LogP contribution in [-0.4, -0.2) is 49.3 Å². The molecule has 0 saturated carbocycles. The van der Waals surface area contributed by atoms with E-state index in [1.807, 2.05) is 11.0 Å². The molecule has 2 aliphatic heterocycles. The number of piperidine rings is 1. The Hall–Kier alpha value is -1.59. The number of carbonyl (C=O) groups is 1. The number of hydrogen-bond donors (Lipinski definition) is 2. The van der Waals surface area contributed by atoms with Crippen molar-refractivity contribution in [1.29, 1.82) is 0 Å². The Morgan fingerprint density at radius 2 is 2.14 bits per heavy atom. The van der Waals surface area contributed by atoms with Gasteiger partial charge in [-0.2, -0.15) is 0 Å². The number of aromatic hydroxyl groups is 1. The Balaban J connectivity index is 1.80. The van der Waals surface area contributed by atoms with Gasteiger partial charge in [0, 0.05) is 20.2 Å². The minimum atomic E-state index is -0.395. The van der Waals surface area contributed by atoms with Crippen LogP contribution in [0.3, 0.4) is 0 Å². The van der Waals surface area contributed by atoms with Crippen LogP contribution in [0, 0.1) is 5.41 Å². The molecule has 0 unspecified atom stereocenters. The van der Waals surface area contributed by atoms with E-state index in [1.165, 1.54) is 5.56 Å². The van der Waals surface area contributed by atoms with Crippen molar-refractivity contribution in [2.45, 2.75) is 25.8 Å². The molecule has 1 aromatic rings. The fraction of sp³-hybridized carbons (Fsp3) is 0.588. The molecule has 0 spiro atoms. The van der Waals surface area contributed by atoms with E-state index in [9.17, 15) is 9.90 Å². The van der Waals surface area contributed by atoms with E-state index in [4.69, 9.17) is 4.74 Å². The van der Waals surface area contributed by atoms with Crippen molar-refractivity contribution in [1.82, 2.24) is 10.2 Å². The van der Waals surface area contributed by atoms with Crippen molar-refractivity contribution >= 4 is 5.91 Å². The van der Waals surface area contributed by atoms with E-state index >= 15 is 0 Å². The zero-order chi connectivity index (χ0) is 15.6. The van der Waals surface area contributed by atoms with Gasteiger partial charge < -0.3 is 20.1 Å². The second-order valence-corrected chi connectivity index (χ2v) is 6.39. The summed E-state index contributed by atoms with van der Waals surface area (Å²) in [5.41, 5.74) is 1.89. The van der Waals surface area contributed by atoms with E-state index in [0.717, 1.165) is 44.5 Å². The number of rotatable bonds is 3. The standard InChI is InChI=1S/C17H24N2O3/c1-22-12-17(5-7-18-8-6-17)16(21)19-9-4-13-2-3-15(20)10-14(13)11-19/h2-3,10,18,20H,4-9,11-12H2,1H3. The lowest BCUT2D eigenvalue weighted by Gasteiger charge is -2.41. The van der Waals surface area contributed by atoms with Gasteiger partial charge in [-0.25, -0.2) is 0 Å². The molecule has 0 radical (unpaired) electrons. The fourth-order valence-electron chi connectivity index (χ4n) is 3.65. The number of hydrogen-bond acceptors (Lipinski definition) is 4. The van der Waals surface area contributed by atoms with Gasteiger partial charge in [0.2, 0.25) is 5.91 Å². The van der Waals surface area contributed by atoms with Crippen LogP contribution in [0.15, 0.2) is 18.2 Å². The quantitative estimate of drug-likeness (QED) is 0.883. The highest BCUT2D eigenvalue weighted by molar-refractivity contribution is 5.83. The topological polar surface area (TPSA) is 61.8 Å². The molecule has 120 valence electrons. The van der Waals surface area contributed by atoms with Gasteiger partial charge in [0.15, 0.2) is 0 Å². The molecule has 2 heterocycles. The second-order valence-electron chi connectivity index (χ2n) is 6.39. The Bertz CT molecular complexity index is 547. The average molecular weight is 304 g/mol. The number of phenols is 1. The number of amides is 1. The predicted octanol–water partition coefficient (Wildman–Crippen LogP) is 1.29. The third kappa shape index (κ3) is 2.83. The molecule has 0 aromatic heterocycles. The summed E-state index contributed by atoms with van der Waals surface area (Å²) in [6.45, 7) is 3.54. The molecular weight excluding hydrogens is 280 g/mol. The summed E-state index contributed by atoms with van der Waals surface area (Å²) in [4.78, 5) is 15.1. The maximum Gasteiger partial charge on any atom is 0.231 e. The number of phenolic OH excluding ortho intramolecular Hbond substituents is 1. The van der Waals surface area contributed by atoms with Crippen molar-refractivity contribution in [3.8, 4) is 5.75 Å². The first kappa shape index (κ1) is 15.3. The minimum absolute atomic E-state index is 0.199. The van der Waals surface area contributed by atoms with Crippen LogP contribution in [0.1, 0.15) is 24.0 Å². The van der Waals surface area contributed by atoms with Crippen molar-refractivity contribution < 1.29 is 14.6 Å². The van der Waals surface area contributed by atoms with Gasteiger partial charge in [-0.05, 0) is 55.6 Å². The van der Waals surface area contributed by atoms with Gasteiger partial charge >= 0.3 is 0 Å². The Morgan fingerprint density at radius 1 is 1.36 bits per heavy atom. The molecule has 5 nitrogen and oxygen atoms in total. The molecular formula is C17H24N2O3. The monoisotopic (exact) mass is 304 g/mol. The van der Waals surface area contributed by atoms with Crippen LogP contribution in [-0.2, 0) is 22.5 Å². The molecule has 22 heavy (non-hydrogen) atoms. The maximum absolute atomic E-state index is 13.1. The lowest BCUT2D eigenvalue weighted by Crippen LogP contribution is -2.52. The van der Waals surface area contributed by atoms with E-state index in [1.54, 1.807) is 19.2 Å². The van der Waals surface area contributed by atoms with Gasteiger partial charge in [0.05, 0.1) is 12.0 Å². The van der Waals surface area contributed by atoms with Crippen LogP contribution >= 0.6 is 0 Å². The molecule has 2 N–H and O–H groups in total. The third-order valence-electron chi connectivity index (χ3n) is 4.92. The second kappa shape index (κ2) is 6.26. The molecule has 2 aliphatic rings. The highest BCUT2D eigenvalue weighted by Gasteiger charge is 2.42. The highest BCUT2D eigenvalue weighted by atomic mass is 16.5. The SMILES string of the molecule is COCC1(C(=O)N2CCc3ccc(O)cc3C2)CCNCC1. The number of methoxy groups -OCH3 is 1. The molecule has 1 fully saturated rings. The van der Waals surface area contributed by atoms with Gasteiger partial charge in [0.1, 0.15) is 5.75 Å². The Morgan fingerprint density at radius 3 is 2.86 bits per heavy atom. The molecule has 1 aromatic carbocycles. The summed E-state index contributed by atoms with van der Waals surface area (Å²) in [6, 6.07) is 5.46. The molecule has 1 saturated heterocycles. The van der Waals surface area contributed by atoms with Gasteiger partial charge in [0.25, 0.3) is 0 Å². The summed E-state index contributed by atoms with van der Waals surface area (Å²) in [5.74, 6) is 0.464. The number of nitrogens with zero attached hydrogens (tertiary/aromatic N) is 1. The lowest BCUT2D eigenvalue weighted by molar-refractivity contribution is -0.148.